The molecular formula is C17H24O2. The second-order valence-corrected chi connectivity index (χ2v) is 5.95. The molecule has 2 aliphatic carbocycles. The largest absolute Gasteiger partial charge is 0.466 e. The molecule has 2 saturated carbocycles. The molecule has 0 aromatic rings. The molecule has 0 heterocycles. The number of hydrogen-bond donors (Lipinski definition) is 0. The van der Waals surface area contributed by atoms with Crippen LogP contribution < -0.4 is 0 Å². The van der Waals surface area contributed by atoms with Crippen LogP contribution in [0.1, 0.15) is 46.0 Å². The van der Waals surface area contributed by atoms with E-state index in [1.807, 2.05) is 6.08 Å². The maximum atomic E-state index is 11.2. The third-order valence-electron chi connectivity index (χ3n) is 5.08. The summed E-state index contributed by atoms with van der Waals surface area (Å²) >= 11 is 0. The smallest absolute Gasteiger partial charge is 0.330 e. The van der Waals surface area contributed by atoms with Crippen LogP contribution in [-0.4, -0.2) is 13.1 Å². The molecule has 0 aliphatic heterocycles. The van der Waals surface area contributed by atoms with Crippen LogP contribution in [0.25, 0.3) is 0 Å². The molecule has 104 valence electrons. The van der Waals surface area contributed by atoms with Gasteiger partial charge in [-0.3, -0.25) is 0 Å². The summed E-state index contributed by atoms with van der Waals surface area (Å²) in [7, 11) is 1.41. The predicted molar refractivity (Wildman–Crippen MR) is 77.7 cm³/mol. The van der Waals surface area contributed by atoms with Gasteiger partial charge in [-0.25, -0.2) is 4.79 Å². The highest BCUT2D eigenvalue weighted by atomic mass is 16.5. The van der Waals surface area contributed by atoms with Crippen molar-refractivity contribution >= 4 is 5.97 Å². The molecule has 0 spiro atoms. The number of fused-ring (bicyclic) bond motifs is 1. The van der Waals surface area contributed by atoms with Gasteiger partial charge >= 0.3 is 5.97 Å². The van der Waals surface area contributed by atoms with Gasteiger partial charge in [0.05, 0.1) is 7.11 Å². The molecule has 0 saturated heterocycles. The Morgan fingerprint density at radius 2 is 2.11 bits per heavy atom. The lowest BCUT2D eigenvalue weighted by atomic mass is 9.48. The summed E-state index contributed by atoms with van der Waals surface area (Å²) in [4.78, 5) is 11.2. The van der Waals surface area contributed by atoms with Crippen molar-refractivity contribution in [1.29, 1.82) is 0 Å². The number of esters is 1. The summed E-state index contributed by atoms with van der Waals surface area (Å²) in [5.74, 6) is 0.380. The molecule has 0 radical (unpaired) electrons. The molecule has 1 unspecified atom stereocenters. The summed E-state index contributed by atoms with van der Waals surface area (Å²) in [5, 5.41) is 0. The third kappa shape index (κ3) is 2.41. The highest BCUT2D eigenvalue weighted by molar-refractivity contribution is 5.82. The van der Waals surface area contributed by atoms with Crippen LogP contribution in [0, 0.1) is 11.3 Å². The van der Waals surface area contributed by atoms with E-state index in [1.165, 1.54) is 55.6 Å². The van der Waals surface area contributed by atoms with E-state index in [4.69, 9.17) is 0 Å². The van der Waals surface area contributed by atoms with Crippen molar-refractivity contribution in [2.24, 2.45) is 11.3 Å². The Morgan fingerprint density at radius 1 is 1.37 bits per heavy atom. The first kappa shape index (κ1) is 14.1. The number of hydrogen-bond acceptors (Lipinski definition) is 2. The van der Waals surface area contributed by atoms with Crippen LogP contribution >= 0.6 is 0 Å². The van der Waals surface area contributed by atoms with Gasteiger partial charge in [-0.1, -0.05) is 42.2 Å². The summed E-state index contributed by atoms with van der Waals surface area (Å²) in [6, 6.07) is 0. The fraction of sp³-hybridized carbons (Fsp3) is 0.588. The fourth-order valence-corrected chi connectivity index (χ4v) is 3.80. The summed E-state index contributed by atoms with van der Waals surface area (Å²) in [6.07, 6.45) is 9.73. The molecule has 0 bridgehead atoms. The van der Waals surface area contributed by atoms with E-state index >= 15 is 0 Å². The van der Waals surface area contributed by atoms with E-state index in [0.29, 0.717) is 11.3 Å². The first-order chi connectivity index (χ1) is 9.01. The zero-order chi connectivity index (χ0) is 14.0. The van der Waals surface area contributed by atoms with Gasteiger partial charge in [-0.05, 0) is 39.0 Å². The molecule has 0 N–H and O–H groups in total. The first-order valence-corrected chi connectivity index (χ1v) is 7.13. The molecule has 2 fully saturated rings. The van der Waals surface area contributed by atoms with E-state index in [1.54, 1.807) is 0 Å². The summed E-state index contributed by atoms with van der Waals surface area (Å²) in [5.41, 5.74) is 4.39. The van der Waals surface area contributed by atoms with E-state index in [9.17, 15) is 4.79 Å². The lowest BCUT2D eigenvalue weighted by Crippen LogP contribution is -2.45. The van der Waals surface area contributed by atoms with Gasteiger partial charge in [0.2, 0.25) is 0 Å². The Labute approximate surface area is 116 Å². The van der Waals surface area contributed by atoms with Crippen molar-refractivity contribution in [3.63, 3.8) is 0 Å². The third-order valence-corrected chi connectivity index (χ3v) is 5.08. The average molecular weight is 260 g/mol. The minimum Gasteiger partial charge on any atom is -0.466 e. The van der Waals surface area contributed by atoms with Crippen molar-refractivity contribution < 1.29 is 9.53 Å². The Morgan fingerprint density at radius 3 is 2.74 bits per heavy atom. The highest BCUT2D eigenvalue weighted by Gasteiger charge is 2.51. The molecule has 2 aliphatic rings. The quantitative estimate of drug-likeness (QED) is 0.329. The number of methoxy groups -OCH3 is 1. The maximum Gasteiger partial charge on any atom is 0.330 e. The fourth-order valence-electron chi connectivity index (χ4n) is 3.80. The number of ether oxygens (including phenoxy) is 1. The van der Waals surface area contributed by atoms with Crippen LogP contribution in [0.15, 0.2) is 35.5 Å². The molecule has 2 nitrogen and oxygen atoms in total. The number of rotatable bonds is 3. The molecule has 19 heavy (non-hydrogen) atoms. The van der Waals surface area contributed by atoms with Crippen molar-refractivity contribution in [3.8, 4) is 0 Å². The van der Waals surface area contributed by atoms with E-state index in [-0.39, 0.29) is 5.97 Å². The Hall–Kier alpha value is -1.31. The van der Waals surface area contributed by atoms with Crippen molar-refractivity contribution in [2.45, 2.75) is 46.0 Å². The number of carbonyl (C=O) groups is 1. The monoisotopic (exact) mass is 260 g/mol. The van der Waals surface area contributed by atoms with Crippen molar-refractivity contribution in [2.75, 3.05) is 7.11 Å². The van der Waals surface area contributed by atoms with E-state index < -0.39 is 0 Å². The van der Waals surface area contributed by atoms with Gasteiger partial charge in [0, 0.05) is 11.5 Å². The lowest BCUT2D eigenvalue weighted by molar-refractivity contribution is -0.134. The van der Waals surface area contributed by atoms with Crippen LogP contribution in [0.4, 0.5) is 0 Å². The highest BCUT2D eigenvalue weighted by Crippen LogP contribution is 2.62. The molecule has 0 amide bonds. The zero-order valence-electron chi connectivity index (χ0n) is 12.3. The number of carbonyl (C=O) groups excluding carboxylic acids is 1. The predicted octanol–water partition coefficient (Wildman–Crippen LogP) is 4.19. The van der Waals surface area contributed by atoms with E-state index in [2.05, 4.69) is 25.2 Å². The maximum absolute atomic E-state index is 11.2. The molecule has 2 heteroatoms. The van der Waals surface area contributed by atoms with Crippen LogP contribution in [0.5, 0.6) is 0 Å². The van der Waals surface area contributed by atoms with E-state index in [0.717, 1.165) is 6.42 Å². The van der Waals surface area contributed by atoms with Crippen molar-refractivity contribution in [1.82, 2.24) is 0 Å². The Balaban J connectivity index is 2.22. The van der Waals surface area contributed by atoms with Crippen LogP contribution in [0.2, 0.25) is 0 Å². The lowest BCUT2D eigenvalue weighted by Gasteiger charge is -2.56. The molecule has 2 atom stereocenters. The second-order valence-electron chi connectivity index (χ2n) is 5.95. The minimum atomic E-state index is -0.289. The van der Waals surface area contributed by atoms with Gasteiger partial charge in [-0.15, -0.1) is 0 Å². The van der Waals surface area contributed by atoms with Gasteiger partial charge in [-0.2, -0.15) is 0 Å². The normalized spacial score (nSPS) is 31.5. The molecule has 2 rings (SSSR count). The van der Waals surface area contributed by atoms with Gasteiger partial charge < -0.3 is 4.74 Å². The Bertz CT molecular complexity index is 456. The Kier molecular flexibility index (Phi) is 3.98. The summed E-state index contributed by atoms with van der Waals surface area (Å²) in [6.45, 7) is 8.52. The summed E-state index contributed by atoms with van der Waals surface area (Å²) < 4.78 is 4.64. The van der Waals surface area contributed by atoms with Gasteiger partial charge in [0.25, 0.3) is 0 Å². The standard InChI is InChI=1S/C17H24O2/c1-12(8-9-16(18)19-4)14(3)17-10-6-5-7-15(17)13(2)11-17/h8-9,15H,2,5-7,10-11H2,1,3-4H3/b9-8-,14-12+/t15?,17-/m0/s1. The van der Waals surface area contributed by atoms with Crippen LogP contribution in [0.3, 0.4) is 0 Å². The molecular weight excluding hydrogens is 236 g/mol. The molecule has 0 aromatic heterocycles. The topological polar surface area (TPSA) is 26.3 Å². The minimum absolute atomic E-state index is 0.289. The van der Waals surface area contributed by atoms with Crippen molar-refractivity contribution in [3.05, 3.63) is 35.5 Å². The van der Waals surface area contributed by atoms with Crippen LogP contribution in [-0.2, 0) is 9.53 Å². The second kappa shape index (κ2) is 5.36. The first-order valence-electron chi connectivity index (χ1n) is 7.13. The van der Waals surface area contributed by atoms with Gasteiger partial charge in [0.15, 0.2) is 0 Å². The number of allylic oxidation sites excluding steroid dienone is 4. The molecule has 0 aromatic carbocycles. The SMILES string of the molecule is C=C1C[C@]2(/C(C)=C(C)/C=C\C(=O)OC)CCCCC12. The average Bonchev–Trinajstić information content (AvgIpc) is 2.41. The zero-order valence-corrected chi connectivity index (χ0v) is 12.3. The van der Waals surface area contributed by atoms with Gasteiger partial charge in [0.1, 0.15) is 0 Å².